The van der Waals surface area contributed by atoms with Gasteiger partial charge in [0.15, 0.2) is 0 Å². The Balaban J connectivity index is 1.83. The topological polar surface area (TPSA) is 96.0 Å². The number of ether oxygens (including phenoxy) is 1. The second-order valence-corrected chi connectivity index (χ2v) is 14.4. The maximum Gasteiger partial charge on any atom is 0.264 e. The lowest BCUT2D eigenvalue weighted by atomic mass is 10.0. The molecule has 2 amide bonds. The number of rotatable bonds is 16. The fourth-order valence-electron chi connectivity index (χ4n) is 5.04. The number of hydrogen-bond acceptors (Lipinski definition) is 6. The Morgan fingerprint density at radius 1 is 0.872 bits per heavy atom. The van der Waals surface area contributed by atoms with Gasteiger partial charge in [0.1, 0.15) is 18.3 Å². The number of nitrogens with one attached hydrogen (secondary N) is 1. The average Bonchev–Trinajstić information content (AvgIpc) is 3.09. The molecule has 0 spiro atoms. The molecule has 4 aromatic carbocycles. The van der Waals surface area contributed by atoms with Crippen LogP contribution in [-0.2, 0) is 32.6 Å². The van der Waals surface area contributed by atoms with Crippen LogP contribution in [0.1, 0.15) is 31.4 Å². The molecule has 0 aliphatic rings. The molecule has 4 aromatic rings. The molecule has 0 bridgehead atoms. The summed E-state index contributed by atoms with van der Waals surface area (Å²) in [6.45, 7) is 4.05. The van der Waals surface area contributed by atoms with Crippen LogP contribution in [0, 0.1) is 0 Å². The minimum absolute atomic E-state index is 0.0374. The highest BCUT2D eigenvalue weighted by Gasteiger charge is 2.35. The molecule has 0 heterocycles. The molecule has 0 aliphatic heterocycles. The van der Waals surface area contributed by atoms with Crippen LogP contribution in [0.4, 0.5) is 5.69 Å². The number of halogens is 1. The molecule has 0 aromatic heterocycles. The van der Waals surface area contributed by atoms with Crippen LogP contribution in [-0.4, -0.2) is 57.1 Å². The van der Waals surface area contributed by atoms with Crippen molar-refractivity contribution in [3.8, 4) is 5.75 Å². The van der Waals surface area contributed by atoms with Crippen molar-refractivity contribution in [1.29, 1.82) is 0 Å². The Morgan fingerprint density at radius 3 is 2.17 bits per heavy atom. The third-order valence-corrected chi connectivity index (χ3v) is 10.5. The molecule has 0 aliphatic carbocycles. The summed E-state index contributed by atoms with van der Waals surface area (Å²) >= 11 is 4.97. The van der Waals surface area contributed by atoms with Gasteiger partial charge < -0.3 is 15.0 Å². The Morgan fingerprint density at radius 2 is 1.53 bits per heavy atom. The van der Waals surface area contributed by atoms with Crippen molar-refractivity contribution in [3.05, 3.63) is 119 Å². The van der Waals surface area contributed by atoms with E-state index >= 15 is 0 Å². The van der Waals surface area contributed by atoms with E-state index in [4.69, 9.17) is 4.74 Å². The maximum atomic E-state index is 14.6. The van der Waals surface area contributed by atoms with E-state index in [1.54, 1.807) is 36.4 Å². The van der Waals surface area contributed by atoms with Gasteiger partial charge in [-0.2, -0.15) is 0 Å². The molecular weight excluding hydrogens is 698 g/mol. The highest BCUT2D eigenvalue weighted by molar-refractivity contribution is 9.10. The molecule has 1 N–H and O–H groups in total. The molecule has 0 saturated carbocycles. The van der Waals surface area contributed by atoms with Gasteiger partial charge in [0.2, 0.25) is 11.8 Å². The van der Waals surface area contributed by atoms with Gasteiger partial charge in [-0.15, -0.1) is 11.8 Å². The highest BCUT2D eigenvalue weighted by Crippen LogP contribution is 2.33. The fourth-order valence-corrected chi connectivity index (χ4v) is 7.13. The van der Waals surface area contributed by atoms with Crippen LogP contribution in [0.5, 0.6) is 5.75 Å². The summed E-state index contributed by atoms with van der Waals surface area (Å²) in [5.74, 6) is -0.512. The number of thioether (sulfide) groups is 1. The van der Waals surface area contributed by atoms with Crippen LogP contribution in [0.15, 0.2) is 117 Å². The number of amides is 2. The maximum absolute atomic E-state index is 14.6. The first-order chi connectivity index (χ1) is 22.7. The number of sulfonamides is 1. The zero-order chi connectivity index (χ0) is 33.8. The van der Waals surface area contributed by atoms with Crippen LogP contribution in [0.3, 0.4) is 0 Å². The number of para-hydroxylation sites is 2. The number of hydrogen-bond donors (Lipinski definition) is 1. The first-order valence-electron chi connectivity index (χ1n) is 15.4. The summed E-state index contributed by atoms with van der Waals surface area (Å²) in [4.78, 5) is 30.9. The molecule has 4 rings (SSSR count). The van der Waals surface area contributed by atoms with Crippen molar-refractivity contribution >= 4 is 55.2 Å². The van der Waals surface area contributed by atoms with E-state index in [0.29, 0.717) is 18.9 Å². The van der Waals surface area contributed by atoms with Gasteiger partial charge in [-0.1, -0.05) is 77.5 Å². The first-order valence-corrected chi connectivity index (χ1v) is 18.9. The van der Waals surface area contributed by atoms with Gasteiger partial charge in [0, 0.05) is 28.9 Å². The minimum atomic E-state index is -4.26. The average molecular weight is 739 g/mol. The van der Waals surface area contributed by atoms with Gasteiger partial charge in [0.05, 0.1) is 17.2 Å². The summed E-state index contributed by atoms with van der Waals surface area (Å²) in [5, 5.41) is 2.97. The number of carbonyl (C=O) groups excluding carboxylic acids is 2. The lowest BCUT2D eigenvalue weighted by Crippen LogP contribution is -2.53. The molecule has 8 nitrogen and oxygen atoms in total. The van der Waals surface area contributed by atoms with Gasteiger partial charge in [-0.25, -0.2) is 8.42 Å². The molecule has 11 heteroatoms. The largest absolute Gasteiger partial charge is 0.492 e. The van der Waals surface area contributed by atoms with Crippen molar-refractivity contribution in [2.45, 2.75) is 49.1 Å². The molecule has 248 valence electrons. The lowest BCUT2D eigenvalue weighted by molar-refractivity contribution is -0.140. The summed E-state index contributed by atoms with van der Waals surface area (Å²) in [5.41, 5.74) is 1.90. The van der Waals surface area contributed by atoms with Crippen LogP contribution in [0.2, 0.25) is 0 Å². The first kappa shape index (κ1) is 36.0. The molecule has 0 unspecified atom stereocenters. The Bertz CT molecular complexity index is 1720. The number of nitrogens with zero attached hydrogens (tertiary/aromatic N) is 2. The second-order valence-electron chi connectivity index (χ2n) is 10.7. The summed E-state index contributed by atoms with van der Waals surface area (Å²) < 4.78 is 36.6. The fraction of sp³-hybridized carbons (Fsp3) is 0.278. The smallest absolute Gasteiger partial charge is 0.264 e. The quantitative estimate of drug-likeness (QED) is 0.125. The highest BCUT2D eigenvalue weighted by atomic mass is 79.9. The van der Waals surface area contributed by atoms with Crippen LogP contribution < -0.4 is 14.4 Å². The molecule has 47 heavy (non-hydrogen) atoms. The Kier molecular flexibility index (Phi) is 13.3. The lowest BCUT2D eigenvalue weighted by Gasteiger charge is -2.34. The molecule has 0 saturated heterocycles. The van der Waals surface area contributed by atoms with Gasteiger partial charge in [-0.05, 0) is 79.3 Å². The molecule has 0 radical (unpaired) electrons. The summed E-state index contributed by atoms with van der Waals surface area (Å²) in [6, 6.07) is 29.4. The van der Waals surface area contributed by atoms with Crippen molar-refractivity contribution in [2.24, 2.45) is 0 Å². The SMILES string of the molecule is CCCNC(=O)[C@@H](Cc1ccccc1)N(Cc1ccc(Br)cc1)C(=O)CN(c1ccccc1OCC)S(=O)(=O)c1ccc(SC)cc1. The number of benzene rings is 4. The van der Waals surface area contributed by atoms with E-state index < -0.39 is 28.5 Å². The van der Waals surface area contributed by atoms with E-state index in [2.05, 4.69) is 21.2 Å². The van der Waals surface area contributed by atoms with Crippen molar-refractivity contribution in [3.63, 3.8) is 0 Å². The van der Waals surface area contributed by atoms with E-state index in [1.165, 1.54) is 28.8 Å². The van der Waals surface area contributed by atoms with E-state index in [-0.39, 0.29) is 29.5 Å². The molecular formula is C36H40BrN3O5S2. The van der Waals surface area contributed by atoms with Crippen molar-refractivity contribution < 1.29 is 22.7 Å². The van der Waals surface area contributed by atoms with E-state index in [0.717, 1.165) is 31.2 Å². The van der Waals surface area contributed by atoms with Gasteiger partial charge in [-0.3, -0.25) is 13.9 Å². The summed E-state index contributed by atoms with van der Waals surface area (Å²) in [7, 11) is -4.26. The predicted molar refractivity (Wildman–Crippen MR) is 192 cm³/mol. The monoisotopic (exact) mass is 737 g/mol. The second kappa shape index (κ2) is 17.4. The standard InChI is InChI=1S/C36H40BrN3O5S2/c1-4-23-38-36(42)33(24-27-11-7-6-8-12-27)39(25-28-15-17-29(37)18-16-28)35(41)26-40(32-13-9-10-14-34(32)45-5-2)47(43,44)31-21-19-30(46-3)20-22-31/h6-22,33H,4-5,23-26H2,1-3H3,(H,38,42)/t33-/m1/s1. The van der Waals surface area contributed by atoms with E-state index in [9.17, 15) is 18.0 Å². The number of anilines is 1. The normalized spacial score (nSPS) is 11.8. The third-order valence-electron chi connectivity index (χ3n) is 7.45. The Labute approximate surface area is 290 Å². The zero-order valence-corrected chi connectivity index (χ0v) is 30.0. The van der Waals surface area contributed by atoms with Crippen LogP contribution >= 0.6 is 27.7 Å². The third kappa shape index (κ3) is 9.62. The molecule has 1 atom stereocenters. The minimum Gasteiger partial charge on any atom is -0.492 e. The van der Waals surface area contributed by atoms with Crippen molar-refractivity contribution in [2.75, 3.05) is 30.3 Å². The predicted octanol–water partition coefficient (Wildman–Crippen LogP) is 6.93. The molecule has 0 fully saturated rings. The summed E-state index contributed by atoms with van der Waals surface area (Å²) in [6.07, 6.45) is 2.88. The Hall–Kier alpha value is -3.80. The van der Waals surface area contributed by atoms with Gasteiger partial charge in [0.25, 0.3) is 10.0 Å². The van der Waals surface area contributed by atoms with Crippen molar-refractivity contribution in [1.82, 2.24) is 10.2 Å². The zero-order valence-electron chi connectivity index (χ0n) is 26.8. The van der Waals surface area contributed by atoms with Gasteiger partial charge >= 0.3 is 0 Å². The van der Waals surface area contributed by atoms with Crippen LogP contribution in [0.25, 0.3) is 0 Å². The number of carbonyl (C=O) groups is 2. The van der Waals surface area contributed by atoms with E-state index in [1.807, 2.05) is 74.7 Å².